The first kappa shape index (κ1) is 61.7. The molecule has 3 aromatic carbocycles. The summed E-state index contributed by atoms with van der Waals surface area (Å²) in [7, 11) is 0. The van der Waals surface area contributed by atoms with E-state index in [9.17, 15) is 19.2 Å². The third-order valence-electron chi connectivity index (χ3n) is 12.6. The number of carbonyl (C=O) groups excluding carboxylic acids is 4. The van der Waals surface area contributed by atoms with Crippen LogP contribution in [0.25, 0.3) is 0 Å². The first-order valence-corrected chi connectivity index (χ1v) is 27.3. The van der Waals surface area contributed by atoms with Crippen molar-refractivity contribution in [2.75, 3.05) is 26.4 Å². The van der Waals surface area contributed by atoms with Gasteiger partial charge in [-0.15, -0.1) is 0 Å². The van der Waals surface area contributed by atoms with Crippen molar-refractivity contribution in [3.63, 3.8) is 0 Å². The van der Waals surface area contributed by atoms with E-state index in [0.717, 1.165) is 64.2 Å². The summed E-state index contributed by atoms with van der Waals surface area (Å²) < 4.78 is 76.5. The molecular weight excluding hydrogens is 938 g/mol. The second-order valence-corrected chi connectivity index (χ2v) is 18.7. The molecule has 13 heteroatoms. The largest absolute Gasteiger partial charge is 0.494 e. The van der Waals surface area contributed by atoms with Crippen LogP contribution in [-0.2, 0) is 19.1 Å². The molecule has 3 aromatic rings. The van der Waals surface area contributed by atoms with Crippen molar-refractivity contribution < 1.29 is 60.8 Å². The lowest BCUT2D eigenvalue weighted by Crippen LogP contribution is -2.14. The lowest BCUT2D eigenvalue weighted by molar-refractivity contribution is -0.138. The Morgan fingerprint density at radius 1 is 0.384 bits per heavy atom. The van der Waals surface area contributed by atoms with E-state index in [1.807, 2.05) is 0 Å². The lowest BCUT2D eigenvalue weighted by atomic mass is 10.0. The molecule has 0 aliphatic carbocycles. The van der Waals surface area contributed by atoms with Crippen LogP contribution in [0, 0.1) is 17.5 Å². The van der Waals surface area contributed by atoms with Crippen molar-refractivity contribution in [1.82, 2.24) is 0 Å². The van der Waals surface area contributed by atoms with Crippen LogP contribution in [0.3, 0.4) is 0 Å². The Balaban J connectivity index is 1.20. The number of halogens is 3. The van der Waals surface area contributed by atoms with Gasteiger partial charge in [0.05, 0.1) is 37.6 Å². The summed E-state index contributed by atoms with van der Waals surface area (Å²) in [4.78, 5) is 47.6. The van der Waals surface area contributed by atoms with E-state index in [1.54, 1.807) is 24.3 Å². The molecule has 0 saturated heterocycles. The molecule has 0 aliphatic rings. The summed E-state index contributed by atoms with van der Waals surface area (Å²) in [5.74, 6) is -8.97. The number of esters is 4. The maximum atomic E-state index is 15.0. The Bertz CT molecular complexity index is 2020. The number of hydrogen-bond acceptors (Lipinski definition) is 10. The predicted octanol–water partition coefficient (Wildman–Crippen LogP) is 16.5. The zero-order valence-electron chi connectivity index (χ0n) is 43.5. The highest BCUT2D eigenvalue weighted by Crippen LogP contribution is 2.32. The number of hydrogen-bond donors (Lipinski definition) is 0. The SMILES string of the molecule is C=CC(=O)OCCCCCCCCCCCCCCCCCOc1ccc(C(=O)Oc2cc(F)c(OC(=O)c3ccc(OCCCCCCCCCCCCCCCCCOC(=O)C=C)cc3)c(F)c2F)cc1. The van der Waals surface area contributed by atoms with Crippen LogP contribution >= 0.6 is 0 Å². The number of carbonyl (C=O) groups is 4. The number of ether oxygens (including phenoxy) is 6. The van der Waals surface area contributed by atoms with Gasteiger partial charge in [-0.05, 0) is 74.2 Å². The highest BCUT2D eigenvalue weighted by atomic mass is 19.2. The average molecular weight is 1020 g/mol. The van der Waals surface area contributed by atoms with Gasteiger partial charge in [-0.2, -0.15) is 8.78 Å². The summed E-state index contributed by atoms with van der Waals surface area (Å²) >= 11 is 0. The molecule has 0 unspecified atom stereocenters. The van der Waals surface area contributed by atoms with Crippen molar-refractivity contribution in [2.45, 2.75) is 193 Å². The van der Waals surface area contributed by atoms with E-state index >= 15 is 13.2 Å². The second-order valence-electron chi connectivity index (χ2n) is 18.7. The van der Waals surface area contributed by atoms with Crippen LogP contribution in [-0.4, -0.2) is 50.3 Å². The monoisotopic (exact) mass is 1020 g/mol. The topological polar surface area (TPSA) is 124 Å². The molecule has 0 spiro atoms. The Labute approximate surface area is 433 Å². The van der Waals surface area contributed by atoms with Gasteiger partial charge in [0, 0.05) is 18.2 Å². The average Bonchev–Trinajstić information content (AvgIpc) is 3.40. The molecule has 0 N–H and O–H groups in total. The van der Waals surface area contributed by atoms with Gasteiger partial charge < -0.3 is 28.4 Å². The van der Waals surface area contributed by atoms with Gasteiger partial charge in [-0.1, -0.05) is 180 Å². The zero-order chi connectivity index (χ0) is 52.6. The van der Waals surface area contributed by atoms with E-state index in [1.165, 1.54) is 165 Å². The van der Waals surface area contributed by atoms with Crippen molar-refractivity contribution >= 4 is 23.9 Å². The van der Waals surface area contributed by atoms with Crippen molar-refractivity contribution in [1.29, 1.82) is 0 Å². The van der Waals surface area contributed by atoms with Gasteiger partial charge in [-0.25, -0.2) is 23.6 Å². The lowest BCUT2D eigenvalue weighted by Gasteiger charge is -2.12. The minimum Gasteiger partial charge on any atom is -0.494 e. The fourth-order valence-electron chi connectivity index (χ4n) is 8.26. The highest BCUT2D eigenvalue weighted by Gasteiger charge is 2.26. The Morgan fingerprint density at radius 2 is 0.671 bits per heavy atom. The van der Waals surface area contributed by atoms with E-state index < -0.39 is 40.9 Å². The minimum atomic E-state index is -1.81. The molecular formula is C60H83F3O10. The molecule has 0 atom stereocenters. The molecule has 0 fully saturated rings. The fraction of sp³-hybridized carbons (Fsp3) is 0.567. The van der Waals surface area contributed by atoms with E-state index in [4.69, 9.17) is 28.4 Å². The molecule has 404 valence electrons. The molecule has 0 heterocycles. The van der Waals surface area contributed by atoms with Gasteiger partial charge in [0.1, 0.15) is 11.5 Å². The highest BCUT2D eigenvalue weighted by molar-refractivity contribution is 5.92. The van der Waals surface area contributed by atoms with Crippen molar-refractivity contribution in [3.8, 4) is 23.0 Å². The molecule has 73 heavy (non-hydrogen) atoms. The Kier molecular flexibility index (Phi) is 33.7. The first-order valence-electron chi connectivity index (χ1n) is 27.3. The van der Waals surface area contributed by atoms with Crippen LogP contribution in [0.4, 0.5) is 13.2 Å². The van der Waals surface area contributed by atoms with Crippen LogP contribution in [0.15, 0.2) is 79.9 Å². The van der Waals surface area contributed by atoms with Gasteiger partial charge in [0.15, 0.2) is 11.6 Å². The third-order valence-corrected chi connectivity index (χ3v) is 12.6. The van der Waals surface area contributed by atoms with E-state index in [2.05, 4.69) is 13.2 Å². The number of benzene rings is 3. The molecule has 0 amide bonds. The zero-order valence-corrected chi connectivity index (χ0v) is 43.5. The third kappa shape index (κ3) is 28.4. The first-order chi connectivity index (χ1) is 35.6. The molecule has 3 rings (SSSR count). The van der Waals surface area contributed by atoms with Crippen molar-refractivity contribution in [2.24, 2.45) is 0 Å². The van der Waals surface area contributed by atoms with Crippen molar-refractivity contribution in [3.05, 3.63) is 108 Å². The predicted molar refractivity (Wildman–Crippen MR) is 281 cm³/mol. The van der Waals surface area contributed by atoms with E-state index in [-0.39, 0.29) is 23.1 Å². The summed E-state index contributed by atoms with van der Waals surface area (Å²) in [6, 6.07) is 12.3. The minimum absolute atomic E-state index is 0.0138. The Morgan fingerprint density at radius 3 is 0.986 bits per heavy atom. The Hall–Kier alpha value is -5.59. The van der Waals surface area contributed by atoms with Gasteiger partial charge in [0.25, 0.3) is 0 Å². The standard InChI is InChI=1S/C60H83F3O10/c1-3-54(64)70-45-33-29-25-21-17-13-9-5-7-11-15-19-23-27-31-43-68-50-39-35-48(36-40-50)59(66)72-53-47-52(61)58(57(63)56(53)62)73-60(67)49-37-41-51(42-38-49)69-44-32-28-24-20-16-12-8-6-10-14-18-22-26-30-34-46-71-55(65)4-2/h3-4,35-42,47H,1-2,5-34,43-46H2. The molecule has 0 bridgehead atoms. The fourth-order valence-corrected chi connectivity index (χ4v) is 8.26. The van der Waals surface area contributed by atoms with Crippen LogP contribution in [0.1, 0.15) is 213 Å². The van der Waals surface area contributed by atoms with Crippen LogP contribution in [0.2, 0.25) is 0 Å². The van der Waals surface area contributed by atoms with Gasteiger partial charge >= 0.3 is 23.9 Å². The second kappa shape index (κ2) is 39.9. The molecule has 0 aliphatic heterocycles. The molecule has 0 radical (unpaired) electrons. The summed E-state index contributed by atoms with van der Waals surface area (Å²) in [5.41, 5.74) is -0.0150. The van der Waals surface area contributed by atoms with Gasteiger partial charge in [-0.3, -0.25) is 0 Å². The van der Waals surface area contributed by atoms with E-state index in [0.29, 0.717) is 44.0 Å². The molecule has 10 nitrogen and oxygen atoms in total. The smallest absolute Gasteiger partial charge is 0.343 e. The number of unbranched alkanes of at least 4 members (excludes halogenated alkanes) is 28. The molecule has 0 aromatic heterocycles. The normalized spacial score (nSPS) is 10.9. The quantitative estimate of drug-likeness (QED) is 0.0178. The maximum absolute atomic E-state index is 15.0. The number of rotatable bonds is 44. The summed E-state index contributed by atoms with van der Waals surface area (Å²) in [6.45, 7) is 8.76. The van der Waals surface area contributed by atoms with Gasteiger partial charge in [0.2, 0.25) is 17.4 Å². The van der Waals surface area contributed by atoms with Crippen LogP contribution < -0.4 is 18.9 Å². The van der Waals surface area contributed by atoms with Crippen LogP contribution in [0.5, 0.6) is 23.0 Å². The summed E-state index contributed by atoms with van der Waals surface area (Å²) in [6.07, 6.45) is 37.5. The maximum Gasteiger partial charge on any atom is 0.343 e. The molecule has 0 saturated carbocycles. The summed E-state index contributed by atoms with van der Waals surface area (Å²) in [5, 5.41) is 0.